The van der Waals surface area contributed by atoms with Gasteiger partial charge in [0.05, 0.1) is 18.9 Å². The number of anilines is 1. The number of rotatable bonds is 2. The van der Waals surface area contributed by atoms with E-state index in [-0.39, 0.29) is 5.82 Å². The van der Waals surface area contributed by atoms with E-state index >= 15 is 0 Å². The summed E-state index contributed by atoms with van der Waals surface area (Å²) in [4.78, 5) is 2.07. The summed E-state index contributed by atoms with van der Waals surface area (Å²) in [5.41, 5.74) is 2.68. The normalized spacial score (nSPS) is 15.5. The number of para-hydroxylation sites is 1. The zero-order chi connectivity index (χ0) is 13.1. The van der Waals surface area contributed by atoms with Crippen LogP contribution in [0.1, 0.15) is 0 Å². The molecule has 0 radical (unpaired) electrons. The van der Waals surface area contributed by atoms with Gasteiger partial charge in [0.1, 0.15) is 5.82 Å². The Kier molecular flexibility index (Phi) is 3.47. The Morgan fingerprint density at radius 3 is 2.37 bits per heavy atom. The lowest BCUT2D eigenvalue weighted by Crippen LogP contribution is -2.37. The zero-order valence-corrected chi connectivity index (χ0v) is 10.7. The standard InChI is InChI=1S/C16H16FNO/c17-15-8-4-7-14(13-5-2-1-3-6-13)16(15)18-9-11-19-12-10-18/h1-8H,9-12H2. The van der Waals surface area contributed by atoms with Gasteiger partial charge < -0.3 is 9.64 Å². The number of hydrogen-bond acceptors (Lipinski definition) is 2. The molecule has 2 aromatic rings. The Labute approximate surface area is 112 Å². The van der Waals surface area contributed by atoms with Gasteiger partial charge in [-0.2, -0.15) is 0 Å². The Morgan fingerprint density at radius 1 is 0.895 bits per heavy atom. The largest absolute Gasteiger partial charge is 0.378 e. The molecular formula is C16H16FNO. The molecule has 0 aliphatic carbocycles. The highest BCUT2D eigenvalue weighted by Crippen LogP contribution is 2.33. The van der Waals surface area contributed by atoms with Gasteiger partial charge in [0.2, 0.25) is 0 Å². The second kappa shape index (κ2) is 5.41. The topological polar surface area (TPSA) is 12.5 Å². The van der Waals surface area contributed by atoms with Crippen LogP contribution in [0, 0.1) is 5.82 Å². The van der Waals surface area contributed by atoms with Gasteiger partial charge in [-0.15, -0.1) is 0 Å². The number of morpholine rings is 1. The highest BCUT2D eigenvalue weighted by atomic mass is 19.1. The van der Waals surface area contributed by atoms with E-state index in [0.29, 0.717) is 18.9 Å². The smallest absolute Gasteiger partial charge is 0.147 e. The zero-order valence-electron chi connectivity index (χ0n) is 10.7. The number of benzene rings is 2. The molecule has 2 aromatic carbocycles. The molecule has 0 bridgehead atoms. The molecule has 0 N–H and O–H groups in total. The van der Waals surface area contributed by atoms with Crippen LogP contribution in [0.5, 0.6) is 0 Å². The van der Waals surface area contributed by atoms with Crippen molar-refractivity contribution in [2.24, 2.45) is 0 Å². The Bertz CT molecular complexity index is 550. The van der Waals surface area contributed by atoms with Crippen LogP contribution >= 0.6 is 0 Å². The summed E-state index contributed by atoms with van der Waals surface area (Å²) in [6.45, 7) is 2.78. The molecular weight excluding hydrogens is 241 g/mol. The molecule has 98 valence electrons. The molecule has 1 aliphatic rings. The number of halogens is 1. The fourth-order valence-corrected chi connectivity index (χ4v) is 2.47. The van der Waals surface area contributed by atoms with Gasteiger partial charge >= 0.3 is 0 Å². The molecule has 0 spiro atoms. The molecule has 0 aromatic heterocycles. The maximum atomic E-state index is 14.2. The van der Waals surface area contributed by atoms with Crippen molar-refractivity contribution in [2.75, 3.05) is 31.2 Å². The van der Waals surface area contributed by atoms with Crippen LogP contribution in [-0.2, 0) is 4.74 Å². The van der Waals surface area contributed by atoms with Crippen molar-refractivity contribution in [3.63, 3.8) is 0 Å². The molecule has 1 heterocycles. The first-order valence-corrected chi connectivity index (χ1v) is 6.53. The Balaban J connectivity index is 2.07. The Morgan fingerprint density at radius 2 is 1.63 bits per heavy atom. The van der Waals surface area contributed by atoms with E-state index in [1.807, 2.05) is 36.4 Å². The third-order valence-electron chi connectivity index (χ3n) is 3.40. The fourth-order valence-electron chi connectivity index (χ4n) is 2.47. The highest BCUT2D eigenvalue weighted by molar-refractivity contribution is 5.79. The van der Waals surface area contributed by atoms with Crippen molar-refractivity contribution in [3.8, 4) is 11.1 Å². The number of nitrogens with zero attached hydrogens (tertiary/aromatic N) is 1. The van der Waals surface area contributed by atoms with Crippen LogP contribution in [0.4, 0.5) is 10.1 Å². The number of ether oxygens (including phenoxy) is 1. The lowest BCUT2D eigenvalue weighted by atomic mass is 10.0. The summed E-state index contributed by atoms with van der Waals surface area (Å²) in [5.74, 6) is -0.164. The maximum absolute atomic E-state index is 14.2. The van der Waals surface area contributed by atoms with Gasteiger partial charge in [0, 0.05) is 18.7 Å². The monoisotopic (exact) mass is 257 g/mol. The van der Waals surface area contributed by atoms with E-state index in [0.717, 1.165) is 24.2 Å². The second-order valence-corrected chi connectivity index (χ2v) is 4.60. The van der Waals surface area contributed by atoms with Crippen LogP contribution in [0.15, 0.2) is 48.5 Å². The summed E-state index contributed by atoms with van der Waals surface area (Å²) in [7, 11) is 0. The van der Waals surface area contributed by atoms with Crippen LogP contribution in [-0.4, -0.2) is 26.3 Å². The van der Waals surface area contributed by atoms with Crippen molar-refractivity contribution >= 4 is 5.69 Å². The second-order valence-electron chi connectivity index (χ2n) is 4.60. The average molecular weight is 257 g/mol. The predicted molar refractivity (Wildman–Crippen MR) is 74.9 cm³/mol. The summed E-state index contributed by atoms with van der Waals surface area (Å²) in [6, 6.07) is 15.2. The first kappa shape index (κ1) is 12.2. The molecule has 1 fully saturated rings. The number of hydrogen-bond donors (Lipinski definition) is 0. The van der Waals surface area contributed by atoms with E-state index in [9.17, 15) is 4.39 Å². The van der Waals surface area contributed by atoms with Crippen LogP contribution in [0.3, 0.4) is 0 Å². The van der Waals surface area contributed by atoms with Crippen molar-refractivity contribution in [3.05, 3.63) is 54.3 Å². The quantitative estimate of drug-likeness (QED) is 0.818. The lowest BCUT2D eigenvalue weighted by molar-refractivity contribution is 0.122. The molecule has 2 nitrogen and oxygen atoms in total. The summed E-state index contributed by atoms with van der Waals surface area (Å²) >= 11 is 0. The lowest BCUT2D eigenvalue weighted by Gasteiger charge is -2.31. The van der Waals surface area contributed by atoms with Crippen molar-refractivity contribution in [1.29, 1.82) is 0 Å². The molecule has 0 amide bonds. The summed E-state index contributed by atoms with van der Waals surface area (Å²) < 4.78 is 19.6. The Hall–Kier alpha value is -1.87. The molecule has 0 atom stereocenters. The molecule has 1 aliphatic heterocycles. The molecule has 3 rings (SSSR count). The van der Waals surface area contributed by atoms with Gasteiger partial charge in [-0.1, -0.05) is 42.5 Å². The van der Waals surface area contributed by atoms with E-state index in [2.05, 4.69) is 4.90 Å². The minimum Gasteiger partial charge on any atom is -0.378 e. The van der Waals surface area contributed by atoms with E-state index in [1.165, 1.54) is 6.07 Å². The van der Waals surface area contributed by atoms with Crippen LogP contribution in [0.2, 0.25) is 0 Å². The fraction of sp³-hybridized carbons (Fsp3) is 0.250. The highest BCUT2D eigenvalue weighted by Gasteiger charge is 2.19. The average Bonchev–Trinajstić information content (AvgIpc) is 2.49. The van der Waals surface area contributed by atoms with Gasteiger partial charge in [0.15, 0.2) is 0 Å². The van der Waals surface area contributed by atoms with Gasteiger partial charge in [0.25, 0.3) is 0 Å². The SMILES string of the molecule is Fc1cccc(-c2ccccc2)c1N1CCOCC1. The molecule has 0 saturated carbocycles. The first-order valence-electron chi connectivity index (χ1n) is 6.53. The van der Waals surface area contributed by atoms with E-state index in [1.54, 1.807) is 6.07 Å². The van der Waals surface area contributed by atoms with E-state index in [4.69, 9.17) is 4.74 Å². The molecule has 1 saturated heterocycles. The third-order valence-corrected chi connectivity index (χ3v) is 3.40. The summed E-state index contributed by atoms with van der Waals surface area (Å²) in [5, 5.41) is 0. The van der Waals surface area contributed by atoms with Crippen molar-refractivity contribution in [1.82, 2.24) is 0 Å². The van der Waals surface area contributed by atoms with Gasteiger partial charge in [-0.05, 0) is 11.6 Å². The van der Waals surface area contributed by atoms with Gasteiger partial charge in [-0.3, -0.25) is 0 Å². The van der Waals surface area contributed by atoms with Crippen molar-refractivity contribution in [2.45, 2.75) is 0 Å². The van der Waals surface area contributed by atoms with Crippen molar-refractivity contribution < 1.29 is 9.13 Å². The third kappa shape index (κ3) is 2.47. The van der Waals surface area contributed by atoms with Gasteiger partial charge in [-0.25, -0.2) is 4.39 Å². The molecule has 3 heteroatoms. The predicted octanol–water partition coefficient (Wildman–Crippen LogP) is 3.33. The van der Waals surface area contributed by atoms with Crippen LogP contribution in [0.25, 0.3) is 11.1 Å². The summed E-state index contributed by atoms with van der Waals surface area (Å²) in [6.07, 6.45) is 0. The molecule has 0 unspecified atom stereocenters. The van der Waals surface area contributed by atoms with Crippen LogP contribution < -0.4 is 4.90 Å². The maximum Gasteiger partial charge on any atom is 0.147 e. The van der Waals surface area contributed by atoms with E-state index < -0.39 is 0 Å². The minimum absolute atomic E-state index is 0.164. The minimum atomic E-state index is -0.164. The molecule has 19 heavy (non-hydrogen) atoms. The first-order chi connectivity index (χ1) is 9.36.